The molecule has 3 fully saturated rings. The van der Waals surface area contributed by atoms with Crippen LogP contribution in [0, 0.1) is 5.41 Å². The maximum atomic E-state index is 13.5. The third kappa shape index (κ3) is 3.04. The molecule has 2 aliphatic carbocycles. The Morgan fingerprint density at radius 1 is 1.28 bits per heavy atom. The normalized spacial score (nSPS) is 31.0. The second-order valence-corrected chi connectivity index (χ2v) is 9.72. The zero-order valence-electron chi connectivity index (χ0n) is 15.5. The van der Waals surface area contributed by atoms with E-state index in [0.717, 1.165) is 52.1 Å². The van der Waals surface area contributed by atoms with E-state index in [2.05, 4.69) is 41.6 Å². The molecule has 1 amide bonds. The smallest absolute Gasteiger partial charge is 0.232 e. The van der Waals surface area contributed by atoms with Crippen LogP contribution in [0.4, 0.5) is 0 Å². The van der Waals surface area contributed by atoms with Gasteiger partial charge in [-0.2, -0.15) is 0 Å². The van der Waals surface area contributed by atoms with E-state index in [1.807, 2.05) is 0 Å². The first-order chi connectivity index (χ1) is 12.0. The Bertz CT molecular complexity index is 616. The van der Waals surface area contributed by atoms with Gasteiger partial charge in [-0.15, -0.1) is 11.3 Å². The summed E-state index contributed by atoms with van der Waals surface area (Å²) in [6, 6.07) is 4.21. The lowest BCUT2D eigenvalue weighted by atomic mass is 9.89. The SMILES string of the molecule is CC1(C)C[C@]1(C(=O)NC1(CN2CCOCC2)CCCC1)c1cccs1. The standard InChI is InChI=1S/C20H30N2O2S/c1-18(2)14-20(18,16-6-5-13-25-16)17(23)21-19(7-3-4-8-19)15-22-9-11-24-12-10-22/h5-6,13H,3-4,7-12,14-15H2,1-2H3,(H,21,23)/t20-/m1/s1. The number of ether oxygens (including phenoxy) is 1. The molecule has 25 heavy (non-hydrogen) atoms. The Labute approximate surface area is 154 Å². The molecule has 2 saturated carbocycles. The average Bonchev–Trinajstić information content (AvgIpc) is 3.03. The Morgan fingerprint density at radius 3 is 2.52 bits per heavy atom. The van der Waals surface area contributed by atoms with E-state index in [4.69, 9.17) is 4.74 Å². The molecule has 0 aromatic carbocycles. The van der Waals surface area contributed by atoms with Crippen LogP contribution in [0.25, 0.3) is 0 Å². The summed E-state index contributed by atoms with van der Waals surface area (Å²) in [4.78, 5) is 17.2. The van der Waals surface area contributed by atoms with E-state index >= 15 is 0 Å². The minimum Gasteiger partial charge on any atom is -0.379 e. The molecule has 0 unspecified atom stereocenters. The van der Waals surface area contributed by atoms with Gasteiger partial charge in [-0.1, -0.05) is 32.8 Å². The van der Waals surface area contributed by atoms with Gasteiger partial charge >= 0.3 is 0 Å². The fourth-order valence-corrected chi connectivity index (χ4v) is 6.07. The predicted octanol–water partition coefficient (Wildman–Crippen LogP) is 3.18. The zero-order chi connectivity index (χ0) is 17.5. The number of nitrogens with zero attached hydrogens (tertiary/aromatic N) is 1. The Kier molecular flexibility index (Phi) is 4.45. The quantitative estimate of drug-likeness (QED) is 0.875. The largest absolute Gasteiger partial charge is 0.379 e. The summed E-state index contributed by atoms with van der Waals surface area (Å²) in [6.07, 6.45) is 5.62. The second-order valence-electron chi connectivity index (χ2n) is 8.77. The molecule has 1 aromatic heterocycles. The molecule has 1 aromatic rings. The molecule has 0 radical (unpaired) electrons. The lowest BCUT2D eigenvalue weighted by molar-refractivity contribution is -0.126. The summed E-state index contributed by atoms with van der Waals surface area (Å²) >= 11 is 1.73. The van der Waals surface area contributed by atoms with Crippen molar-refractivity contribution in [3.63, 3.8) is 0 Å². The highest BCUT2D eigenvalue weighted by molar-refractivity contribution is 7.10. The molecule has 0 bridgehead atoms. The lowest BCUT2D eigenvalue weighted by Crippen LogP contribution is -2.58. The summed E-state index contributed by atoms with van der Waals surface area (Å²) in [7, 11) is 0. The number of carbonyl (C=O) groups is 1. The summed E-state index contributed by atoms with van der Waals surface area (Å²) in [5, 5.41) is 5.67. The van der Waals surface area contributed by atoms with Crippen LogP contribution in [-0.2, 0) is 14.9 Å². The number of hydrogen-bond acceptors (Lipinski definition) is 4. The van der Waals surface area contributed by atoms with Gasteiger partial charge in [0.1, 0.15) is 0 Å². The van der Waals surface area contributed by atoms with E-state index in [-0.39, 0.29) is 22.3 Å². The number of hydrogen-bond donors (Lipinski definition) is 1. The molecule has 1 saturated heterocycles. The minimum absolute atomic E-state index is 0.0443. The van der Waals surface area contributed by atoms with Crippen LogP contribution in [0.5, 0.6) is 0 Å². The highest BCUT2D eigenvalue weighted by atomic mass is 32.1. The van der Waals surface area contributed by atoms with Crippen molar-refractivity contribution in [2.75, 3.05) is 32.8 Å². The van der Waals surface area contributed by atoms with Crippen molar-refractivity contribution in [3.8, 4) is 0 Å². The summed E-state index contributed by atoms with van der Waals surface area (Å²) in [6.45, 7) is 9.04. The van der Waals surface area contributed by atoms with Gasteiger partial charge in [0.05, 0.1) is 24.2 Å². The number of thiophene rings is 1. The monoisotopic (exact) mass is 362 g/mol. The molecule has 3 aliphatic rings. The van der Waals surface area contributed by atoms with Crippen molar-refractivity contribution in [1.82, 2.24) is 10.2 Å². The molecular formula is C20H30N2O2S. The van der Waals surface area contributed by atoms with Crippen molar-refractivity contribution in [1.29, 1.82) is 0 Å². The molecule has 5 heteroatoms. The summed E-state index contributed by atoms with van der Waals surface area (Å²) in [5.74, 6) is 0.259. The number of carbonyl (C=O) groups excluding carboxylic acids is 1. The van der Waals surface area contributed by atoms with Crippen molar-refractivity contribution >= 4 is 17.2 Å². The number of nitrogens with one attached hydrogen (secondary N) is 1. The van der Waals surface area contributed by atoms with Gasteiger partial charge in [-0.3, -0.25) is 9.69 Å². The fraction of sp³-hybridized carbons (Fsp3) is 0.750. The zero-order valence-corrected chi connectivity index (χ0v) is 16.3. The number of amides is 1. The van der Waals surface area contributed by atoms with Gasteiger partial charge in [0.25, 0.3) is 0 Å². The molecule has 1 aliphatic heterocycles. The lowest BCUT2D eigenvalue weighted by Gasteiger charge is -2.39. The number of rotatable bonds is 5. The van der Waals surface area contributed by atoms with Crippen LogP contribution >= 0.6 is 11.3 Å². The van der Waals surface area contributed by atoms with Crippen molar-refractivity contribution in [2.45, 2.75) is 56.9 Å². The van der Waals surface area contributed by atoms with Crippen LogP contribution in [0.2, 0.25) is 0 Å². The first-order valence-corrected chi connectivity index (χ1v) is 10.5. The highest BCUT2D eigenvalue weighted by Gasteiger charge is 2.68. The highest BCUT2D eigenvalue weighted by Crippen LogP contribution is 2.65. The van der Waals surface area contributed by atoms with E-state index < -0.39 is 0 Å². The Morgan fingerprint density at radius 2 is 1.96 bits per heavy atom. The van der Waals surface area contributed by atoms with Crippen LogP contribution in [-0.4, -0.2) is 49.2 Å². The molecule has 138 valence electrons. The van der Waals surface area contributed by atoms with Crippen LogP contribution < -0.4 is 5.32 Å². The van der Waals surface area contributed by atoms with Crippen LogP contribution in [0.1, 0.15) is 50.8 Å². The van der Waals surface area contributed by atoms with E-state index in [1.54, 1.807) is 11.3 Å². The van der Waals surface area contributed by atoms with Gasteiger partial charge in [-0.05, 0) is 36.1 Å². The van der Waals surface area contributed by atoms with Crippen molar-refractivity contribution < 1.29 is 9.53 Å². The van der Waals surface area contributed by atoms with E-state index in [9.17, 15) is 4.79 Å². The van der Waals surface area contributed by atoms with Crippen LogP contribution in [0.3, 0.4) is 0 Å². The van der Waals surface area contributed by atoms with Crippen LogP contribution in [0.15, 0.2) is 17.5 Å². The third-order valence-electron chi connectivity index (χ3n) is 6.64. The predicted molar refractivity (Wildman–Crippen MR) is 101 cm³/mol. The molecule has 0 spiro atoms. The van der Waals surface area contributed by atoms with E-state index in [1.165, 1.54) is 17.7 Å². The van der Waals surface area contributed by atoms with E-state index in [0.29, 0.717) is 0 Å². The van der Waals surface area contributed by atoms with Crippen molar-refractivity contribution in [2.24, 2.45) is 5.41 Å². The molecular weight excluding hydrogens is 332 g/mol. The minimum atomic E-state index is -0.318. The molecule has 2 heterocycles. The van der Waals surface area contributed by atoms with Gasteiger partial charge < -0.3 is 10.1 Å². The van der Waals surface area contributed by atoms with Gasteiger partial charge in [0.2, 0.25) is 5.91 Å². The van der Waals surface area contributed by atoms with Gasteiger partial charge in [0.15, 0.2) is 0 Å². The maximum absolute atomic E-state index is 13.5. The average molecular weight is 363 g/mol. The molecule has 4 nitrogen and oxygen atoms in total. The fourth-order valence-electron chi connectivity index (χ4n) is 4.97. The summed E-state index contributed by atoms with van der Waals surface area (Å²) < 4.78 is 5.49. The molecule has 1 N–H and O–H groups in total. The van der Waals surface area contributed by atoms with Gasteiger partial charge in [-0.25, -0.2) is 0 Å². The molecule has 1 atom stereocenters. The second kappa shape index (κ2) is 6.36. The first kappa shape index (κ1) is 17.5. The topological polar surface area (TPSA) is 41.6 Å². The molecule has 4 rings (SSSR count). The third-order valence-corrected chi connectivity index (χ3v) is 7.67. The van der Waals surface area contributed by atoms with Crippen molar-refractivity contribution in [3.05, 3.63) is 22.4 Å². The Balaban J connectivity index is 1.53. The number of morpholine rings is 1. The maximum Gasteiger partial charge on any atom is 0.232 e. The Hall–Kier alpha value is -0.910. The summed E-state index contributed by atoms with van der Waals surface area (Å²) in [5.41, 5.74) is -0.306. The van der Waals surface area contributed by atoms with Gasteiger partial charge in [0, 0.05) is 24.5 Å². The first-order valence-electron chi connectivity index (χ1n) is 9.64.